The Bertz CT molecular complexity index is 828. The van der Waals surface area contributed by atoms with Gasteiger partial charge in [0.1, 0.15) is 5.82 Å². The summed E-state index contributed by atoms with van der Waals surface area (Å²) >= 11 is 0. The zero-order valence-corrected chi connectivity index (χ0v) is 12.4. The summed E-state index contributed by atoms with van der Waals surface area (Å²) in [5.41, 5.74) is 2.20. The lowest BCUT2D eigenvalue weighted by Crippen LogP contribution is -2.14. The first-order valence-electron chi connectivity index (χ1n) is 6.99. The van der Waals surface area contributed by atoms with Gasteiger partial charge in [-0.1, -0.05) is 24.3 Å². The van der Waals surface area contributed by atoms with Gasteiger partial charge in [0, 0.05) is 18.3 Å². The van der Waals surface area contributed by atoms with E-state index in [1.165, 1.54) is 12.1 Å². The molecule has 0 unspecified atom stereocenters. The smallest absolute Gasteiger partial charge is 0.228 e. The fraction of sp³-hybridized carbons (Fsp3) is 0.125. The molecule has 1 aromatic heterocycles. The van der Waals surface area contributed by atoms with Crippen LogP contribution in [0, 0.1) is 5.82 Å². The number of aromatic nitrogens is 4. The molecule has 1 heterocycles. The molecule has 3 aromatic rings. The quantitative estimate of drug-likeness (QED) is 0.801. The van der Waals surface area contributed by atoms with Crippen molar-refractivity contribution < 1.29 is 9.18 Å². The number of anilines is 1. The highest BCUT2D eigenvalue weighted by Crippen LogP contribution is 2.19. The van der Waals surface area contributed by atoms with Crippen molar-refractivity contribution in [1.82, 2.24) is 20.2 Å². The molecule has 0 atom stereocenters. The highest BCUT2D eigenvalue weighted by atomic mass is 19.1. The van der Waals surface area contributed by atoms with Gasteiger partial charge in [0.15, 0.2) is 5.82 Å². The van der Waals surface area contributed by atoms with Gasteiger partial charge in [-0.3, -0.25) is 4.79 Å². The number of tetrazole rings is 1. The molecular weight excluding hydrogens is 297 g/mol. The number of rotatable bonds is 4. The molecule has 1 amide bonds. The number of nitrogens with zero attached hydrogens (tertiary/aromatic N) is 4. The number of amides is 1. The predicted octanol–water partition coefficient (Wildman–Crippen LogP) is 2.20. The SMILES string of the molecule is Cn1nnnc1-c1cccc(NC(=O)Cc2ccc(F)cc2)c1. The van der Waals surface area contributed by atoms with Crippen molar-refractivity contribution >= 4 is 11.6 Å². The zero-order chi connectivity index (χ0) is 16.2. The van der Waals surface area contributed by atoms with Gasteiger partial charge >= 0.3 is 0 Å². The van der Waals surface area contributed by atoms with E-state index in [9.17, 15) is 9.18 Å². The molecule has 0 aliphatic carbocycles. The Morgan fingerprint density at radius 1 is 1.22 bits per heavy atom. The van der Waals surface area contributed by atoms with E-state index in [-0.39, 0.29) is 18.1 Å². The molecule has 2 aromatic carbocycles. The molecule has 7 heteroatoms. The summed E-state index contributed by atoms with van der Waals surface area (Å²) in [5.74, 6) is 0.114. The standard InChI is InChI=1S/C16H14FN5O/c1-22-16(19-20-21-22)12-3-2-4-14(10-12)18-15(23)9-11-5-7-13(17)8-6-11/h2-8,10H,9H2,1H3,(H,18,23). The van der Waals surface area contributed by atoms with Gasteiger partial charge in [0.25, 0.3) is 0 Å². The molecule has 3 rings (SSSR count). The Hall–Kier alpha value is -3.09. The van der Waals surface area contributed by atoms with E-state index in [4.69, 9.17) is 0 Å². The maximum absolute atomic E-state index is 12.9. The number of nitrogens with one attached hydrogen (secondary N) is 1. The molecule has 0 radical (unpaired) electrons. The second-order valence-corrected chi connectivity index (χ2v) is 5.06. The van der Waals surface area contributed by atoms with Crippen LogP contribution in [0.15, 0.2) is 48.5 Å². The molecule has 23 heavy (non-hydrogen) atoms. The topological polar surface area (TPSA) is 72.7 Å². The number of carbonyl (C=O) groups is 1. The molecule has 0 aliphatic heterocycles. The first-order chi connectivity index (χ1) is 11.1. The summed E-state index contributed by atoms with van der Waals surface area (Å²) in [6, 6.07) is 13.1. The minimum absolute atomic E-state index is 0.176. The first kappa shape index (κ1) is 14.8. The Kier molecular flexibility index (Phi) is 4.09. The number of aryl methyl sites for hydroxylation is 1. The highest BCUT2D eigenvalue weighted by Gasteiger charge is 2.08. The molecule has 0 bridgehead atoms. The van der Waals surface area contributed by atoms with Crippen molar-refractivity contribution in [2.45, 2.75) is 6.42 Å². The summed E-state index contributed by atoms with van der Waals surface area (Å²) in [6.07, 6.45) is 0.177. The van der Waals surface area contributed by atoms with Crippen molar-refractivity contribution in [3.8, 4) is 11.4 Å². The van der Waals surface area contributed by atoms with Crippen LogP contribution in [0.2, 0.25) is 0 Å². The van der Waals surface area contributed by atoms with Crippen molar-refractivity contribution in [2.75, 3.05) is 5.32 Å². The average Bonchev–Trinajstić information content (AvgIpc) is 2.96. The lowest BCUT2D eigenvalue weighted by atomic mass is 10.1. The molecule has 1 N–H and O–H groups in total. The number of benzene rings is 2. The van der Waals surface area contributed by atoms with Gasteiger partial charge in [0.2, 0.25) is 5.91 Å². The summed E-state index contributed by atoms with van der Waals surface area (Å²) in [4.78, 5) is 12.1. The number of carbonyl (C=O) groups excluding carboxylic acids is 1. The van der Waals surface area contributed by atoms with Gasteiger partial charge in [-0.25, -0.2) is 9.07 Å². The molecule has 0 saturated carbocycles. The second-order valence-electron chi connectivity index (χ2n) is 5.06. The maximum atomic E-state index is 12.9. The van der Waals surface area contributed by atoms with Crippen LogP contribution in [0.5, 0.6) is 0 Å². The Balaban J connectivity index is 1.71. The van der Waals surface area contributed by atoms with Crippen LogP contribution in [-0.2, 0) is 18.3 Å². The fourth-order valence-corrected chi connectivity index (χ4v) is 2.20. The summed E-state index contributed by atoms with van der Waals surface area (Å²) < 4.78 is 14.4. The van der Waals surface area contributed by atoms with E-state index in [0.29, 0.717) is 11.5 Å². The summed E-state index contributed by atoms with van der Waals surface area (Å²) in [7, 11) is 1.75. The molecule has 0 spiro atoms. The van der Waals surface area contributed by atoms with Crippen molar-refractivity contribution in [3.63, 3.8) is 0 Å². The van der Waals surface area contributed by atoms with Crippen LogP contribution in [-0.4, -0.2) is 26.1 Å². The lowest BCUT2D eigenvalue weighted by Gasteiger charge is -2.07. The molecule has 6 nitrogen and oxygen atoms in total. The van der Waals surface area contributed by atoms with Gasteiger partial charge in [-0.15, -0.1) is 5.10 Å². The van der Waals surface area contributed by atoms with Gasteiger partial charge in [-0.2, -0.15) is 0 Å². The number of halogens is 1. The number of hydrogen-bond donors (Lipinski definition) is 1. The van der Waals surface area contributed by atoms with E-state index >= 15 is 0 Å². The van der Waals surface area contributed by atoms with E-state index in [2.05, 4.69) is 20.8 Å². The minimum Gasteiger partial charge on any atom is -0.326 e. The molecular formula is C16H14FN5O. The fourth-order valence-electron chi connectivity index (χ4n) is 2.20. The Labute approximate surface area is 132 Å². The summed E-state index contributed by atoms with van der Waals surface area (Å²) in [5, 5.41) is 14.1. The molecule has 116 valence electrons. The monoisotopic (exact) mass is 311 g/mol. The van der Waals surface area contributed by atoms with E-state index in [1.807, 2.05) is 12.1 Å². The Morgan fingerprint density at radius 3 is 2.70 bits per heavy atom. The minimum atomic E-state index is -0.320. The Morgan fingerprint density at radius 2 is 2.00 bits per heavy atom. The molecule has 0 aliphatic rings. The van der Waals surface area contributed by atoms with Crippen molar-refractivity contribution in [1.29, 1.82) is 0 Å². The van der Waals surface area contributed by atoms with Crippen molar-refractivity contribution in [3.05, 3.63) is 59.9 Å². The van der Waals surface area contributed by atoms with Crippen LogP contribution in [0.4, 0.5) is 10.1 Å². The third-order valence-electron chi connectivity index (χ3n) is 3.30. The maximum Gasteiger partial charge on any atom is 0.228 e. The zero-order valence-electron chi connectivity index (χ0n) is 12.4. The number of hydrogen-bond acceptors (Lipinski definition) is 4. The van der Waals surface area contributed by atoms with E-state index in [1.54, 1.807) is 36.0 Å². The highest BCUT2D eigenvalue weighted by molar-refractivity contribution is 5.92. The largest absolute Gasteiger partial charge is 0.326 e. The second kappa shape index (κ2) is 6.35. The van der Waals surface area contributed by atoms with Crippen molar-refractivity contribution in [2.24, 2.45) is 7.05 Å². The van der Waals surface area contributed by atoms with Crippen LogP contribution in [0.1, 0.15) is 5.56 Å². The third-order valence-corrected chi connectivity index (χ3v) is 3.30. The molecule has 0 fully saturated rings. The average molecular weight is 311 g/mol. The normalized spacial score (nSPS) is 10.5. The van der Waals surface area contributed by atoms with Crippen LogP contribution < -0.4 is 5.32 Å². The summed E-state index contributed by atoms with van der Waals surface area (Å²) in [6.45, 7) is 0. The van der Waals surface area contributed by atoms with Crippen LogP contribution in [0.25, 0.3) is 11.4 Å². The van der Waals surface area contributed by atoms with E-state index in [0.717, 1.165) is 11.1 Å². The van der Waals surface area contributed by atoms with Gasteiger partial charge in [-0.05, 0) is 40.3 Å². The predicted molar refractivity (Wildman–Crippen MR) is 83.0 cm³/mol. The molecule has 0 saturated heterocycles. The van der Waals surface area contributed by atoms with Gasteiger partial charge < -0.3 is 5.32 Å². The van der Waals surface area contributed by atoms with Crippen LogP contribution in [0.3, 0.4) is 0 Å². The third kappa shape index (κ3) is 3.57. The van der Waals surface area contributed by atoms with Gasteiger partial charge in [0.05, 0.1) is 6.42 Å². The first-order valence-corrected chi connectivity index (χ1v) is 6.99. The lowest BCUT2D eigenvalue weighted by molar-refractivity contribution is -0.115. The van der Waals surface area contributed by atoms with E-state index < -0.39 is 0 Å². The van der Waals surface area contributed by atoms with Crippen LogP contribution >= 0.6 is 0 Å².